The number of unbranched alkanes of at least 4 members (excludes halogenated alkanes) is 2. The molecule has 0 saturated heterocycles. The van der Waals surface area contributed by atoms with Gasteiger partial charge >= 0.3 is 5.97 Å². The number of hydrogen-bond acceptors (Lipinski definition) is 17. The van der Waals surface area contributed by atoms with E-state index in [-0.39, 0.29) is 86.7 Å². The molecule has 6 N–H and O–H groups in total. The molecule has 29 heteroatoms. The van der Waals surface area contributed by atoms with E-state index in [0.29, 0.717) is 91.7 Å². The van der Waals surface area contributed by atoms with E-state index in [4.69, 9.17) is 23.7 Å². The Hall–Kier alpha value is -5.35. The molecular formula is C54H69N2O22S5+. The minimum Gasteiger partial charge on any atom is -0.481 e. The summed E-state index contributed by atoms with van der Waals surface area (Å²) in [6, 6.07) is 9.51. The molecule has 24 nitrogen and oxygen atoms in total. The molecule has 0 spiro atoms. The van der Waals surface area contributed by atoms with Crippen molar-refractivity contribution in [2.24, 2.45) is 0 Å². The van der Waals surface area contributed by atoms with Crippen molar-refractivity contribution in [2.45, 2.75) is 89.2 Å². The zero-order valence-electron chi connectivity index (χ0n) is 46.0. The van der Waals surface area contributed by atoms with Crippen molar-refractivity contribution in [3.63, 3.8) is 0 Å². The second-order valence-electron chi connectivity index (χ2n) is 20.1. The highest BCUT2D eigenvalue weighted by atomic mass is 32.2. The van der Waals surface area contributed by atoms with Gasteiger partial charge in [0.1, 0.15) is 16.3 Å². The number of carboxylic acid groups (broad SMARTS) is 1. The molecule has 2 aliphatic rings. The van der Waals surface area contributed by atoms with E-state index in [9.17, 15) is 74.8 Å². The van der Waals surface area contributed by atoms with Gasteiger partial charge in [-0.3, -0.25) is 27.6 Å². The number of benzene rings is 4. The first-order valence-electron chi connectivity index (χ1n) is 26.0. The number of rotatable bonds is 33. The number of nitrogens with zero attached hydrogens (tertiary/aromatic N) is 2. The summed E-state index contributed by atoms with van der Waals surface area (Å²) in [5.41, 5.74) is 0.498. The summed E-state index contributed by atoms with van der Waals surface area (Å²) in [7, 11) is -21.7. The van der Waals surface area contributed by atoms with Crippen molar-refractivity contribution in [3.8, 4) is 0 Å². The molecule has 0 aliphatic carbocycles. The molecule has 6 rings (SSSR count). The molecule has 0 aromatic heterocycles. The summed E-state index contributed by atoms with van der Waals surface area (Å²) in [5, 5.41) is 9.27. The Kier molecular flexibility index (Phi) is 22.4. The fourth-order valence-corrected chi connectivity index (χ4v) is 13.9. The van der Waals surface area contributed by atoms with Crippen molar-refractivity contribution < 1.29 is 103 Å². The molecule has 456 valence electrons. The fraction of sp³-hybridized carbons (Fsp3) is 0.444. The Morgan fingerprint density at radius 1 is 0.566 bits per heavy atom. The fourth-order valence-electron chi connectivity index (χ4n) is 10.7. The van der Waals surface area contributed by atoms with E-state index in [0.717, 1.165) is 12.1 Å². The highest BCUT2D eigenvalue weighted by Crippen LogP contribution is 2.54. The van der Waals surface area contributed by atoms with Crippen molar-refractivity contribution in [3.05, 3.63) is 108 Å². The average Bonchev–Trinajstić information content (AvgIpc) is 1.72. The Morgan fingerprint density at radius 3 is 1.64 bits per heavy atom. The Labute approximate surface area is 483 Å². The predicted octanol–water partition coefficient (Wildman–Crippen LogP) is 6.71. The second kappa shape index (κ2) is 27.8. The van der Waals surface area contributed by atoms with Crippen molar-refractivity contribution in [2.75, 3.05) is 90.8 Å². The van der Waals surface area contributed by atoms with Crippen LogP contribution in [-0.2, 0) is 89.9 Å². The first kappa shape index (κ1) is 66.8. The SMILES string of the molecule is COCCOCCOCCOCCC1(C)C(=CC=CC=CC=CC2=[N+](CCCCCC(=O)O)c3ccc4c(S(=O)(=O)O)cc(S(=O)(=O)O)cc4c3C2(C)CCCS(=O)(=O)O)N(CCOC)c2ccc3c(S(=O)(=O)O)cc(S(=O)(=O)O)cc3c21. The maximum Gasteiger partial charge on any atom is 0.303 e. The maximum atomic E-state index is 12.8. The van der Waals surface area contributed by atoms with Crippen LogP contribution in [0.15, 0.2) is 116 Å². The number of anilines is 1. The molecule has 0 saturated carbocycles. The molecule has 2 atom stereocenters. The van der Waals surface area contributed by atoms with Crippen LogP contribution in [0, 0.1) is 0 Å². The van der Waals surface area contributed by atoms with Crippen LogP contribution >= 0.6 is 0 Å². The quantitative estimate of drug-likeness (QED) is 0.0125. The summed E-state index contributed by atoms with van der Waals surface area (Å²) in [5.74, 6) is -1.67. The highest BCUT2D eigenvalue weighted by Gasteiger charge is 2.49. The molecule has 0 bridgehead atoms. The van der Waals surface area contributed by atoms with Crippen molar-refractivity contribution >= 4 is 95.2 Å². The lowest BCUT2D eigenvalue weighted by atomic mass is 9.74. The average molecular weight is 1260 g/mol. The van der Waals surface area contributed by atoms with Crippen LogP contribution in [-0.4, -0.2) is 172 Å². The van der Waals surface area contributed by atoms with E-state index in [1.54, 1.807) is 68.7 Å². The lowest BCUT2D eigenvalue weighted by molar-refractivity contribution is -0.438. The van der Waals surface area contributed by atoms with E-state index in [2.05, 4.69) is 0 Å². The highest BCUT2D eigenvalue weighted by molar-refractivity contribution is 7.87. The predicted molar refractivity (Wildman–Crippen MR) is 307 cm³/mol. The normalized spacial score (nSPS) is 18.6. The lowest BCUT2D eigenvalue weighted by Crippen LogP contribution is -2.32. The molecule has 4 aromatic rings. The third-order valence-corrected chi connectivity index (χ3v) is 18.6. The third kappa shape index (κ3) is 16.6. The summed E-state index contributed by atoms with van der Waals surface area (Å²) < 4.78 is 206. The number of allylic oxidation sites excluding steroid dienone is 8. The first-order valence-corrected chi connectivity index (χ1v) is 33.4. The monoisotopic (exact) mass is 1260 g/mol. The van der Waals surface area contributed by atoms with Crippen LogP contribution in [0.25, 0.3) is 21.5 Å². The number of fused-ring (bicyclic) bond motifs is 6. The lowest BCUT2D eigenvalue weighted by Gasteiger charge is -2.30. The molecule has 4 aromatic carbocycles. The van der Waals surface area contributed by atoms with Crippen LogP contribution in [0.1, 0.15) is 69.9 Å². The molecule has 2 heterocycles. The van der Waals surface area contributed by atoms with Crippen LogP contribution < -0.4 is 4.90 Å². The molecule has 83 heavy (non-hydrogen) atoms. The number of hydrogen-bond donors (Lipinski definition) is 6. The van der Waals surface area contributed by atoms with Gasteiger partial charge in [-0.1, -0.05) is 36.4 Å². The van der Waals surface area contributed by atoms with E-state index < -0.39 is 92.7 Å². The number of ether oxygens (including phenoxy) is 5. The Balaban J connectivity index is 1.44. The van der Waals surface area contributed by atoms with Crippen LogP contribution in [0.4, 0.5) is 11.4 Å². The van der Waals surface area contributed by atoms with Gasteiger partial charge in [-0.15, -0.1) is 0 Å². The number of aliphatic carboxylic acids is 1. The summed E-state index contributed by atoms with van der Waals surface area (Å²) in [6.45, 7) is 6.26. The molecule has 0 amide bonds. The minimum atomic E-state index is -5.12. The number of carboxylic acids is 1. The largest absolute Gasteiger partial charge is 0.481 e. The van der Waals surface area contributed by atoms with Gasteiger partial charge in [0, 0.05) is 85.5 Å². The van der Waals surface area contributed by atoms with Gasteiger partial charge in [0.15, 0.2) is 5.71 Å². The van der Waals surface area contributed by atoms with Crippen LogP contribution in [0.2, 0.25) is 0 Å². The van der Waals surface area contributed by atoms with Crippen molar-refractivity contribution in [1.29, 1.82) is 0 Å². The van der Waals surface area contributed by atoms with Gasteiger partial charge in [-0.05, 0) is 105 Å². The van der Waals surface area contributed by atoms with Gasteiger partial charge in [0.2, 0.25) is 5.69 Å². The van der Waals surface area contributed by atoms with Gasteiger partial charge in [-0.2, -0.15) is 46.7 Å². The van der Waals surface area contributed by atoms with Gasteiger partial charge in [0.05, 0.1) is 67.2 Å². The molecule has 2 aliphatic heterocycles. The smallest absolute Gasteiger partial charge is 0.303 e. The first-order chi connectivity index (χ1) is 38.9. The summed E-state index contributed by atoms with van der Waals surface area (Å²) in [4.78, 5) is 10.1. The minimum absolute atomic E-state index is 0.00658. The van der Waals surface area contributed by atoms with Crippen molar-refractivity contribution in [1.82, 2.24) is 0 Å². The summed E-state index contributed by atoms with van der Waals surface area (Å²) in [6.07, 6.45) is 13.1. The van der Waals surface area contributed by atoms with E-state index in [1.165, 1.54) is 19.2 Å². The Bertz CT molecular complexity index is 3820. The third-order valence-electron chi connectivity index (χ3n) is 14.4. The second-order valence-corrected chi connectivity index (χ2v) is 27.2. The standard InChI is InChI=1S/C54H68N2O22S5/c1-53(21-13-33-79(59,60)61)48(55(23-12-8-11-16-50(57)58)44-19-17-40-42(51(44)53)34-38(80(62,63)64)36-46(40)82(68,69)70)14-9-6-5-7-10-15-49-54(2,22-25-76-29-30-78-32-31-77-28-27-75-4)52-43-35-39(81(65,66)67)37-47(83(71,72)73)41(43)18-20-45(52)56(49)24-26-74-3/h5-7,9-10,14-15,17-20,34-37H,8,11-13,16,21-33H2,1-4H3,(H5-,57,58,59,60,61,62,63,64,65,66,67,68,69,70,71,72,73)/p+1. The Morgan fingerprint density at radius 2 is 1.10 bits per heavy atom. The topological polar surface area (TPSA) is 362 Å². The molecule has 0 fully saturated rings. The maximum absolute atomic E-state index is 12.8. The van der Waals surface area contributed by atoms with Gasteiger partial charge < -0.3 is 33.7 Å². The molecular weight excluding hydrogens is 1190 g/mol. The van der Waals surface area contributed by atoms with Gasteiger partial charge in [0.25, 0.3) is 50.6 Å². The zero-order chi connectivity index (χ0) is 61.2. The molecule has 2 unspecified atom stereocenters. The number of methoxy groups -OCH3 is 2. The number of carbonyl (C=O) groups is 1. The molecule has 0 radical (unpaired) electrons. The van der Waals surface area contributed by atoms with E-state index >= 15 is 0 Å². The van der Waals surface area contributed by atoms with E-state index in [1.807, 2.05) is 16.4 Å². The van der Waals surface area contributed by atoms with Crippen LogP contribution in [0.5, 0.6) is 0 Å². The van der Waals surface area contributed by atoms with Crippen LogP contribution in [0.3, 0.4) is 0 Å². The summed E-state index contributed by atoms with van der Waals surface area (Å²) >= 11 is 0. The van der Waals surface area contributed by atoms with Gasteiger partial charge in [-0.25, -0.2) is 0 Å². The zero-order valence-corrected chi connectivity index (χ0v) is 50.1.